The van der Waals surface area contributed by atoms with E-state index in [4.69, 9.17) is 13.9 Å². The van der Waals surface area contributed by atoms with Gasteiger partial charge >= 0.3 is 18.5 Å². The van der Waals surface area contributed by atoms with Gasteiger partial charge in [-0.15, -0.1) is 23.4 Å². The van der Waals surface area contributed by atoms with Crippen LogP contribution in [0.15, 0.2) is 51.8 Å². The molecule has 2 saturated heterocycles. The average molecular weight is 764 g/mol. The highest BCUT2D eigenvalue weighted by Gasteiger charge is 2.56. The van der Waals surface area contributed by atoms with E-state index in [0.29, 0.717) is 24.5 Å². The monoisotopic (exact) mass is 763 g/mol. The largest absolute Gasteiger partial charge is 0.573 e. The second-order valence-electron chi connectivity index (χ2n) is 15.6. The zero-order valence-electron chi connectivity index (χ0n) is 29.9. The summed E-state index contributed by atoms with van der Waals surface area (Å²) in [6, 6.07) is 7.29. The Kier molecular flexibility index (Phi) is 9.44. The fourth-order valence-electron chi connectivity index (χ4n) is 6.81. The van der Waals surface area contributed by atoms with Crippen molar-refractivity contribution >= 4 is 33.6 Å². The lowest BCUT2D eigenvalue weighted by atomic mass is 9.58. The molecule has 3 amide bonds. The first-order chi connectivity index (χ1) is 24.5. The lowest BCUT2D eigenvalue weighted by molar-refractivity contribution is -0.274. The maximum Gasteiger partial charge on any atom is 0.573 e. The fraction of sp³-hybridized carbons (Fsp3) is 0.514. The van der Waals surface area contributed by atoms with Crippen molar-refractivity contribution in [3.8, 4) is 17.2 Å². The highest BCUT2D eigenvalue weighted by Crippen LogP contribution is 2.52. The predicted molar refractivity (Wildman–Crippen MR) is 181 cm³/mol. The molecule has 0 unspecified atom stereocenters. The SMILES string of the molecule is CC(C)(C)OC(=O)N[C@H]1CS(=O)(=O)c2ccc(-c3nnc(C45CC(CN(C(=O)OC(C)(C)C)C4)C5)o3)cc2N(Cc2ccc(OC(F)(F)F)cc2)C1=O. The van der Waals surface area contributed by atoms with Crippen LogP contribution in [0.3, 0.4) is 0 Å². The molecule has 4 heterocycles. The molecule has 286 valence electrons. The number of nitrogens with zero attached hydrogens (tertiary/aromatic N) is 4. The van der Waals surface area contributed by atoms with E-state index in [-0.39, 0.29) is 34.5 Å². The standard InChI is InChI=1S/C35H40F3N5O9S/c1-32(2,3)51-30(45)39-24-18-53(47,48)26-12-9-22(13-25(26)43(28(24)44)17-20-7-10-23(11-8-20)50-35(36,37)38)27-40-41-29(49-27)34-14-21(15-34)16-42(19-34)31(46)52-33(4,5)6/h7-13,21,24H,14-19H2,1-6H3,(H,39,45)/t21?,24-,34?/m0/s1. The van der Waals surface area contributed by atoms with Gasteiger partial charge < -0.3 is 33.7 Å². The van der Waals surface area contributed by atoms with Gasteiger partial charge in [-0.3, -0.25) is 4.79 Å². The molecule has 2 aromatic carbocycles. The summed E-state index contributed by atoms with van der Waals surface area (Å²) >= 11 is 0. The van der Waals surface area contributed by atoms with Crippen molar-refractivity contribution in [2.45, 2.75) is 94.8 Å². The molecule has 53 heavy (non-hydrogen) atoms. The summed E-state index contributed by atoms with van der Waals surface area (Å²) in [5.74, 6) is -1.55. The van der Waals surface area contributed by atoms with Crippen molar-refractivity contribution in [2.24, 2.45) is 5.92 Å². The van der Waals surface area contributed by atoms with E-state index in [1.807, 2.05) is 0 Å². The number of alkyl carbamates (subject to hydrolysis) is 1. The van der Waals surface area contributed by atoms with Gasteiger partial charge in [0.2, 0.25) is 11.8 Å². The molecule has 3 fully saturated rings. The minimum Gasteiger partial charge on any atom is -0.444 e. The number of alkyl halides is 3. The van der Waals surface area contributed by atoms with Crippen LogP contribution < -0.4 is 15.0 Å². The lowest BCUT2D eigenvalue weighted by Gasteiger charge is -2.54. The van der Waals surface area contributed by atoms with Crippen LogP contribution in [0.2, 0.25) is 0 Å². The molecule has 3 aromatic rings. The van der Waals surface area contributed by atoms with Crippen LogP contribution in [0.4, 0.5) is 28.4 Å². The summed E-state index contributed by atoms with van der Waals surface area (Å²) in [6.07, 6.45) is -4.94. The number of ether oxygens (including phenoxy) is 3. The van der Waals surface area contributed by atoms with E-state index >= 15 is 0 Å². The number of aromatic nitrogens is 2. The zero-order valence-corrected chi connectivity index (χ0v) is 30.8. The molecule has 2 bridgehead atoms. The maximum atomic E-state index is 14.2. The molecule has 4 aliphatic rings. The Hall–Kier alpha value is -4.87. The van der Waals surface area contributed by atoms with Crippen molar-refractivity contribution in [1.29, 1.82) is 0 Å². The third kappa shape index (κ3) is 8.52. The zero-order chi connectivity index (χ0) is 38.7. The number of nitrogens with one attached hydrogen (secondary N) is 1. The van der Waals surface area contributed by atoms with Crippen molar-refractivity contribution in [3.05, 3.63) is 53.9 Å². The molecule has 3 aliphatic heterocycles. The van der Waals surface area contributed by atoms with E-state index in [1.54, 1.807) is 46.4 Å². The third-order valence-electron chi connectivity index (χ3n) is 8.83. The summed E-state index contributed by atoms with van der Waals surface area (Å²) in [5.41, 5.74) is -1.70. The van der Waals surface area contributed by atoms with Crippen molar-refractivity contribution in [2.75, 3.05) is 23.7 Å². The number of fused-ring (bicyclic) bond motifs is 3. The van der Waals surface area contributed by atoms with E-state index < -0.39 is 68.5 Å². The van der Waals surface area contributed by atoms with E-state index in [2.05, 4.69) is 20.3 Å². The maximum absolute atomic E-state index is 14.2. The molecule has 0 spiro atoms. The third-order valence-corrected chi connectivity index (χ3v) is 10.6. The van der Waals surface area contributed by atoms with Crippen LogP contribution >= 0.6 is 0 Å². The molecule has 1 atom stereocenters. The number of carbonyl (C=O) groups is 3. The van der Waals surface area contributed by atoms with Gasteiger partial charge in [-0.25, -0.2) is 18.0 Å². The predicted octanol–water partition coefficient (Wildman–Crippen LogP) is 5.75. The van der Waals surface area contributed by atoms with Crippen LogP contribution in [0, 0.1) is 5.92 Å². The van der Waals surface area contributed by atoms with E-state index in [9.17, 15) is 36.0 Å². The molecule has 7 rings (SSSR count). The number of hydrogen-bond donors (Lipinski definition) is 1. The molecule has 1 N–H and O–H groups in total. The molecular formula is C35H40F3N5O9S. The molecule has 18 heteroatoms. The van der Waals surface area contributed by atoms with Crippen LogP contribution in [-0.2, 0) is 36.1 Å². The number of piperidine rings is 2. The van der Waals surface area contributed by atoms with Crippen LogP contribution in [0.1, 0.15) is 65.8 Å². The lowest BCUT2D eigenvalue weighted by Crippen LogP contribution is -2.61. The summed E-state index contributed by atoms with van der Waals surface area (Å²) in [6.45, 7) is 10.7. The summed E-state index contributed by atoms with van der Waals surface area (Å²) in [5, 5.41) is 10.9. The summed E-state index contributed by atoms with van der Waals surface area (Å²) < 4.78 is 86.9. The van der Waals surface area contributed by atoms with Gasteiger partial charge in [-0.2, -0.15) is 0 Å². The number of hydrogen-bond acceptors (Lipinski definition) is 11. The molecule has 1 saturated carbocycles. The number of halogens is 3. The minimum absolute atomic E-state index is 0.0288. The average Bonchev–Trinajstić information content (AvgIpc) is 3.49. The van der Waals surface area contributed by atoms with Crippen molar-refractivity contribution < 1.29 is 54.6 Å². The highest BCUT2D eigenvalue weighted by atomic mass is 32.2. The van der Waals surface area contributed by atoms with E-state index in [0.717, 1.165) is 29.9 Å². The Morgan fingerprint density at radius 2 is 1.64 bits per heavy atom. The second kappa shape index (κ2) is 13.2. The highest BCUT2D eigenvalue weighted by molar-refractivity contribution is 7.91. The van der Waals surface area contributed by atoms with Gasteiger partial charge in [-0.05, 0) is 96.2 Å². The minimum atomic E-state index is -4.92. The summed E-state index contributed by atoms with van der Waals surface area (Å²) in [7, 11) is -4.24. The van der Waals surface area contributed by atoms with Gasteiger partial charge in [0.05, 0.1) is 28.3 Å². The fourth-order valence-corrected chi connectivity index (χ4v) is 8.42. The van der Waals surface area contributed by atoms with Gasteiger partial charge in [0, 0.05) is 18.7 Å². The molecule has 1 aromatic heterocycles. The van der Waals surface area contributed by atoms with Crippen molar-refractivity contribution in [3.63, 3.8) is 0 Å². The molecule has 0 radical (unpaired) electrons. The number of anilines is 1. The molecule has 1 aliphatic carbocycles. The molecular weight excluding hydrogens is 723 g/mol. The quantitative estimate of drug-likeness (QED) is 0.325. The Bertz CT molecular complexity index is 2020. The Labute approximate surface area is 303 Å². The number of rotatable bonds is 6. The number of carbonyl (C=O) groups excluding carboxylic acids is 3. The van der Waals surface area contributed by atoms with Gasteiger partial charge in [0.1, 0.15) is 23.0 Å². The van der Waals surface area contributed by atoms with Gasteiger partial charge in [0.25, 0.3) is 5.91 Å². The van der Waals surface area contributed by atoms with Crippen molar-refractivity contribution in [1.82, 2.24) is 20.4 Å². The molecule has 14 nitrogen and oxygen atoms in total. The van der Waals surface area contributed by atoms with Crippen LogP contribution in [-0.4, -0.2) is 84.1 Å². The summed E-state index contributed by atoms with van der Waals surface area (Å²) in [4.78, 5) is 42.3. The smallest absolute Gasteiger partial charge is 0.444 e. The number of benzene rings is 2. The first kappa shape index (κ1) is 37.9. The normalized spacial score (nSPS) is 22.6. The topological polar surface area (TPSA) is 170 Å². The number of amides is 3. The van der Waals surface area contributed by atoms with Crippen LogP contribution in [0.25, 0.3) is 11.5 Å². The van der Waals surface area contributed by atoms with E-state index in [1.165, 1.54) is 30.3 Å². The second-order valence-corrected chi connectivity index (χ2v) is 17.6. The first-order valence-corrected chi connectivity index (χ1v) is 18.5. The van der Waals surface area contributed by atoms with Gasteiger partial charge in [0.15, 0.2) is 9.84 Å². The number of sulfone groups is 1. The van der Waals surface area contributed by atoms with Crippen LogP contribution in [0.5, 0.6) is 5.75 Å². The Balaban J connectivity index is 1.33. The Morgan fingerprint density at radius 1 is 0.981 bits per heavy atom. The van der Waals surface area contributed by atoms with Gasteiger partial charge in [-0.1, -0.05) is 12.1 Å². The first-order valence-electron chi connectivity index (χ1n) is 16.8. The Morgan fingerprint density at radius 3 is 2.26 bits per heavy atom.